The van der Waals surface area contributed by atoms with Crippen molar-refractivity contribution < 1.29 is 13.2 Å². The molecule has 28 heavy (non-hydrogen) atoms. The largest absolute Gasteiger partial charge is 0.326 e. The Morgan fingerprint density at radius 1 is 1.14 bits per heavy atom. The molecule has 3 aromatic rings. The Morgan fingerprint density at radius 2 is 1.89 bits per heavy atom. The first-order chi connectivity index (χ1) is 13.2. The third-order valence-electron chi connectivity index (χ3n) is 4.80. The highest BCUT2D eigenvalue weighted by atomic mass is 32.2. The van der Waals surface area contributed by atoms with E-state index in [1.165, 1.54) is 6.07 Å². The van der Waals surface area contributed by atoms with E-state index < -0.39 is 15.4 Å². The molecule has 2 aromatic carbocycles. The van der Waals surface area contributed by atoms with Crippen LogP contribution in [0.2, 0.25) is 0 Å². The second-order valence-corrected chi connectivity index (χ2v) is 9.10. The summed E-state index contributed by atoms with van der Waals surface area (Å²) < 4.78 is 30.0. The first-order valence-electron chi connectivity index (χ1n) is 8.82. The Morgan fingerprint density at radius 3 is 2.57 bits per heavy atom. The first kappa shape index (κ1) is 18.2. The molecule has 1 aliphatic heterocycles. The Balaban J connectivity index is 1.61. The van der Waals surface area contributed by atoms with Crippen LogP contribution in [0.3, 0.4) is 0 Å². The van der Waals surface area contributed by atoms with Crippen LogP contribution in [-0.2, 0) is 20.2 Å². The molecule has 0 aliphatic carbocycles. The fourth-order valence-corrected chi connectivity index (χ4v) is 4.45. The number of hydrogen-bond donors (Lipinski definition) is 2. The molecule has 7 nitrogen and oxygen atoms in total. The van der Waals surface area contributed by atoms with E-state index in [2.05, 4.69) is 15.1 Å². The monoisotopic (exact) mass is 396 g/mol. The lowest BCUT2D eigenvalue weighted by molar-refractivity contribution is -0.117. The third kappa shape index (κ3) is 3.38. The summed E-state index contributed by atoms with van der Waals surface area (Å²) in [4.78, 5) is 12.0. The topological polar surface area (TPSA) is 93.1 Å². The minimum atomic E-state index is -3.76. The minimum Gasteiger partial charge on any atom is -0.326 e. The van der Waals surface area contributed by atoms with Crippen LogP contribution in [0.1, 0.15) is 25.8 Å². The van der Waals surface area contributed by atoms with E-state index in [0.29, 0.717) is 17.8 Å². The summed E-state index contributed by atoms with van der Waals surface area (Å²) in [5.41, 5.74) is 2.32. The fourth-order valence-electron chi connectivity index (χ4n) is 3.37. The molecule has 0 radical (unpaired) electrons. The Kier molecular flexibility index (Phi) is 4.23. The predicted molar refractivity (Wildman–Crippen MR) is 107 cm³/mol. The van der Waals surface area contributed by atoms with Gasteiger partial charge in [-0.2, -0.15) is 5.10 Å². The van der Waals surface area contributed by atoms with E-state index >= 15 is 0 Å². The van der Waals surface area contributed by atoms with E-state index in [1.54, 1.807) is 47.3 Å². The van der Waals surface area contributed by atoms with Gasteiger partial charge in [-0.25, -0.2) is 13.1 Å². The number of rotatable bonds is 4. The molecule has 1 aromatic heterocycles. The van der Waals surface area contributed by atoms with Crippen LogP contribution in [0.4, 0.5) is 11.4 Å². The normalized spacial score (nSPS) is 15.6. The van der Waals surface area contributed by atoms with Crippen molar-refractivity contribution in [2.45, 2.75) is 30.6 Å². The van der Waals surface area contributed by atoms with Crippen molar-refractivity contribution in [1.82, 2.24) is 9.78 Å². The number of fused-ring (bicyclic) bond motifs is 1. The smallest absolute Gasteiger partial charge is 0.261 e. The number of carbonyl (C=O) groups is 1. The zero-order chi connectivity index (χ0) is 19.9. The summed E-state index contributed by atoms with van der Waals surface area (Å²) in [6.07, 6.45) is 3.80. The molecule has 0 fully saturated rings. The summed E-state index contributed by atoms with van der Waals surface area (Å²) in [5.74, 6) is -0.0662. The average Bonchev–Trinajstić information content (AvgIpc) is 3.15. The van der Waals surface area contributed by atoms with Gasteiger partial charge in [0, 0.05) is 35.6 Å². The molecule has 1 aliphatic rings. The van der Waals surface area contributed by atoms with Crippen LogP contribution in [0, 0.1) is 0 Å². The molecule has 1 amide bonds. The van der Waals surface area contributed by atoms with Gasteiger partial charge < -0.3 is 5.32 Å². The number of amides is 1. The molecule has 0 spiro atoms. The summed E-state index contributed by atoms with van der Waals surface area (Å²) in [6.45, 7) is 3.87. The molecule has 0 saturated heterocycles. The summed E-state index contributed by atoms with van der Waals surface area (Å²) in [7, 11) is -3.76. The lowest BCUT2D eigenvalue weighted by atomic mass is 9.78. The van der Waals surface area contributed by atoms with Gasteiger partial charge in [0.15, 0.2) is 0 Å². The summed E-state index contributed by atoms with van der Waals surface area (Å²) >= 11 is 0. The predicted octanol–water partition coefficient (Wildman–Crippen LogP) is 3.29. The maximum absolute atomic E-state index is 12.9. The zero-order valence-corrected chi connectivity index (χ0v) is 16.3. The molecule has 2 heterocycles. The molecular formula is C20H20N4O3S. The van der Waals surface area contributed by atoms with E-state index in [9.17, 15) is 13.2 Å². The number of hydrogen-bond acceptors (Lipinski definition) is 4. The molecule has 0 bridgehead atoms. The Labute approximate surface area is 163 Å². The fraction of sp³-hybridized carbons (Fsp3) is 0.200. The van der Waals surface area contributed by atoms with Crippen molar-refractivity contribution in [2.75, 3.05) is 10.0 Å². The molecule has 4 rings (SSSR count). The number of benzene rings is 2. The molecule has 144 valence electrons. The van der Waals surface area contributed by atoms with Gasteiger partial charge in [0.25, 0.3) is 10.0 Å². The van der Waals surface area contributed by atoms with Crippen LogP contribution >= 0.6 is 0 Å². The van der Waals surface area contributed by atoms with Crippen molar-refractivity contribution in [2.24, 2.45) is 0 Å². The van der Waals surface area contributed by atoms with Crippen LogP contribution in [0.5, 0.6) is 0 Å². The molecule has 0 unspecified atom stereocenters. The highest BCUT2D eigenvalue weighted by molar-refractivity contribution is 7.92. The minimum absolute atomic E-state index is 0.0662. The summed E-state index contributed by atoms with van der Waals surface area (Å²) in [6, 6.07) is 13.6. The van der Waals surface area contributed by atoms with E-state index in [1.807, 2.05) is 26.1 Å². The van der Waals surface area contributed by atoms with Crippen LogP contribution < -0.4 is 10.0 Å². The van der Waals surface area contributed by atoms with E-state index in [4.69, 9.17) is 0 Å². The maximum atomic E-state index is 12.9. The number of aromatic nitrogens is 2. The number of nitrogens with one attached hydrogen (secondary N) is 2. The van der Waals surface area contributed by atoms with Crippen LogP contribution in [-0.4, -0.2) is 24.1 Å². The standard InChI is InChI=1S/C20H20N4O3S/c1-20(2)13-19(25)22-18-9-8-16(12-17(18)20)28(26,27)23-14-4-6-15(7-5-14)24-11-3-10-21-24/h3-12,23H,13H2,1-2H3,(H,22,25). The number of nitrogens with zero attached hydrogens (tertiary/aromatic N) is 2. The van der Waals surface area contributed by atoms with Gasteiger partial charge in [-0.3, -0.25) is 9.52 Å². The van der Waals surface area contributed by atoms with Crippen molar-refractivity contribution in [3.8, 4) is 5.69 Å². The highest BCUT2D eigenvalue weighted by Crippen LogP contribution is 2.38. The molecule has 0 saturated carbocycles. The van der Waals surface area contributed by atoms with Crippen LogP contribution in [0.25, 0.3) is 5.69 Å². The van der Waals surface area contributed by atoms with Gasteiger partial charge in [0.05, 0.1) is 10.6 Å². The number of anilines is 2. The average molecular weight is 396 g/mol. The van der Waals surface area contributed by atoms with Gasteiger partial charge in [0.2, 0.25) is 5.91 Å². The second kappa shape index (κ2) is 6.49. The number of carbonyl (C=O) groups excluding carboxylic acids is 1. The van der Waals surface area contributed by atoms with Crippen molar-refractivity contribution in [3.63, 3.8) is 0 Å². The Bertz CT molecular complexity index is 1130. The van der Waals surface area contributed by atoms with Crippen molar-refractivity contribution in [1.29, 1.82) is 0 Å². The number of sulfonamides is 1. The summed E-state index contributed by atoms with van der Waals surface area (Å²) in [5, 5.41) is 6.95. The zero-order valence-electron chi connectivity index (χ0n) is 15.5. The quantitative estimate of drug-likeness (QED) is 0.708. The maximum Gasteiger partial charge on any atom is 0.261 e. The van der Waals surface area contributed by atoms with Gasteiger partial charge in [-0.05, 0) is 54.1 Å². The van der Waals surface area contributed by atoms with Gasteiger partial charge in [0.1, 0.15) is 0 Å². The van der Waals surface area contributed by atoms with Gasteiger partial charge in [-0.1, -0.05) is 13.8 Å². The van der Waals surface area contributed by atoms with Crippen molar-refractivity contribution >= 4 is 27.3 Å². The Hall–Kier alpha value is -3.13. The lowest BCUT2D eigenvalue weighted by Crippen LogP contribution is -2.32. The highest BCUT2D eigenvalue weighted by Gasteiger charge is 2.33. The first-order valence-corrected chi connectivity index (χ1v) is 10.3. The van der Waals surface area contributed by atoms with Gasteiger partial charge in [-0.15, -0.1) is 0 Å². The molecule has 8 heteroatoms. The van der Waals surface area contributed by atoms with E-state index in [-0.39, 0.29) is 10.8 Å². The second-order valence-electron chi connectivity index (χ2n) is 7.42. The molecule has 2 N–H and O–H groups in total. The van der Waals surface area contributed by atoms with Crippen molar-refractivity contribution in [3.05, 3.63) is 66.5 Å². The van der Waals surface area contributed by atoms with Gasteiger partial charge >= 0.3 is 0 Å². The lowest BCUT2D eigenvalue weighted by Gasteiger charge is -2.32. The third-order valence-corrected chi connectivity index (χ3v) is 6.17. The SMILES string of the molecule is CC1(C)CC(=O)Nc2ccc(S(=O)(=O)Nc3ccc(-n4cccn4)cc3)cc21. The van der Waals surface area contributed by atoms with Crippen LogP contribution in [0.15, 0.2) is 65.8 Å². The van der Waals surface area contributed by atoms with E-state index in [0.717, 1.165) is 11.3 Å². The molecule has 0 atom stereocenters. The molecular weight excluding hydrogens is 376 g/mol.